The van der Waals surface area contributed by atoms with E-state index in [0.29, 0.717) is 43.0 Å². The summed E-state index contributed by atoms with van der Waals surface area (Å²) in [6.45, 7) is 2.02. The Morgan fingerprint density at radius 2 is 1.45 bits per heavy atom. The topological polar surface area (TPSA) is 121 Å². The number of ether oxygens (including phenoxy) is 2. The summed E-state index contributed by atoms with van der Waals surface area (Å²) in [5.41, 5.74) is 4.82. The van der Waals surface area contributed by atoms with E-state index in [4.69, 9.17) is 21.1 Å². The smallest absolute Gasteiger partial charge is 0.243 e. The molecule has 6 aromatic rings. The van der Waals surface area contributed by atoms with Crippen LogP contribution in [0.15, 0.2) is 145 Å². The van der Waals surface area contributed by atoms with Crippen molar-refractivity contribution in [1.82, 2.24) is 14.6 Å². The summed E-state index contributed by atoms with van der Waals surface area (Å²) >= 11 is 6.14. The van der Waals surface area contributed by atoms with E-state index in [1.54, 1.807) is 24.4 Å². The molecule has 9 nitrogen and oxygen atoms in total. The number of piperidine rings is 1. The number of aromatic nitrogens is 1. The Bertz CT molecular complexity index is 2350. The molecule has 56 heavy (non-hydrogen) atoms. The number of pyridine rings is 1. The molecular weight excluding hydrogens is 746 g/mol. The van der Waals surface area contributed by atoms with Crippen LogP contribution in [-0.4, -0.2) is 54.3 Å². The van der Waals surface area contributed by atoms with Gasteiger partial charge in [0.1, 0.15) is 4.90 Å². The summed E-state index contributed by atoms with van der Waals surface area (Å²) in [6, 6.07) is 42.0. The molecule has 11 heteroatoms. The largest absolute Gasteiger partial charge is 0.392 e. The number of nitrogens with one attached hydrogen (secondary N) is 1. The molecule has 2 saturated heterocycles. The molecule has 0 spiro atoms. The van der Waals surface area contributed by atoms with Gasteiger partial charge in [0.15, 0.2) is 6.29 Å². The van der Waals surface area contributed by atoms with Crippen molar-refractivity contribution in [3.63, 3.8) is 0 Å². The van der Waals surface area contributed by atoms with Crippen LogP contribution < -0.4 is 4.72 Å². The Labute approximate surface area is 332 Å². The molecule has 8 rings (SSSR count). The van der Waals surface area contributed by atoms with E-state index in [0.717, 1.165) is 38.8 Å². The van der Waals surface area contributed by atoms with Crippen molar-refractivity contribution in [3.8, 4) is 0 Å². The first-order valence-electron chi connectivity index (χ1n) is 18.9. The quantitative estimate of drug-likeness (QED) is 0.122. The van der Waals surface area contributed by atoms with Crippen molar-refractivity contribution in [2.75, 3.05) is 19.6 Å². The molecule has 0 saturated carbocycles. The molecule has 0 bridgehead atoms. The average molecular weight is 790 g/mol. The zero-order valence-corrected chi connectivity index (χ0v) is 32.3. The van der Waals surface area contributed by atoms with Crippen LogP contribution >= 0.6 is 11.6 Å². The minimum absolute atomic E-state index is 0.0546. The fourth-order valence-corrected chi connectivity index (χ4v) is 9.24. The van der Waals surface area contributed by atoms with Gasteiger partial charge in [-0.25, -0.2) is 13.1 Å². The number of benzene rings is 5. The Kier molecular flexibility index (Phi) is 11.3. The van der Waals surface area contributed by atoms with Crippen LogP contribution in [0, 0.1) is 0 Å². The van der Waals surface area contributed by atoms with E-state index < -0.39 is 21.9 Å². The third kappa shape index (κ3) is 8.30. The van der Waals surface area contributed by atoms with Crippen LogP contribution in [-0.2, 0) is 38.2 Å². The van der Waals surface area contributed by atoms with Crippen LogP contribution in [0.1, 0.15) is 64.5 Å². The third-order valence-electron chi connectivity index (χ3n) is 11.1. The van der Waals surface area contributed by atoms with Gasteiger partial charge in [-0.2, -0.15) is 0 Å². The number of aliphatic hydroxyl groups excluding tert-OH is 1. The van der Waals surface area contributed by atoms with Gasteiger partial charge in [0, 0.05) is 54.3 Å². The summed E-state index contributed by atoms with van der Waals surface area (Å²) in [6.07, 6.45) is 1.35. The van der Waals surface area contributed by atoms with Crippen molar-refractivity contribution in [3.05, 3.63) is 178 Å². The van der Waals surface area contributed by atoms with Gasteiger partial charge >= 0.3 is 0 Å². The fraction of sp³-hybridized carbons (Fsp3) is 0.267. The summed E-state index contributed by atoms with van der Waals surface area (Å²) in [4.78, 5) is 6.81. The highest BCUT2D eigenvalue weighted by molar-refractivity contribution is 7.89. The predicted octanol–water partition coefficient (Wildman–Crippen LogP) is 7.78. The molecule has 1 unspecified atom stereocenters. The lowest BCUT2D eigenvalue weighted by atomic mass is 9.81. The Balaban J connectivity index is 1.05. The normalized spacial score (nSPS) is 21.6. The number of nitrogens with zero attached hydrogens (tertiary/aromatic N) is 2. The fourth-order valence-electron chi connectivity index (χ4n) is 7.92. The predicted molar refractivity (Wildman–Crippen MR) is 216 cm³/mol. The molecule has 3 N–H and O–H groups in total. The van der Waals surface area contributed by atoms with E-state index >= 15 is 0 Å². The first-order chi connectivity index (χ1) is 27.2. The number of para-hydroxylation sites is 1. The molecular formula is C45H44ClN3O6S. The maximum absolute atomic E-state index is 13.4. The monoisotopic (exact) mass is 789 g/mol. The summed E-state index contributed by atoms with van der Waals surface area (Å²) in [5.74, 6) is -0.165. The van der Waals surface area contributed by atoms with Gasteiger partial charge in [-0.05, 0) is 64.9 Å². The lowest BCUT2D eigenvalue weighted by Crippen LogP contribution is -2.49. The lowest BCUT2D eigenvalue weighted by Gasteiger charge is -2.46. The van der Waals surface area contributed by atoms with E-state index in [1.165, 1.54) is 0 Å². The van der Waals surface area contributed by atoms with Crippen molar-refractivity contribution in [2.24, 2.45) is 0 Å². The average Bonchev–Trinajstić information content (AvgIpc) is 3.24. The molecule has 0 aliphatic carbocycles. The third-order valence-corrected chi connectivity index (χ3v) is 12.8. The van der Waals surface area contributed by atoms with Crippen LogP contribution in [0.3, 0.4) is 0 Å². The minimum atomic E-state index is -3.84. The second-order valence-corrected chi connectivity index (χ2v) is 16.8. The molecule has 2 fully saturated rings. The van der Waals surface area contributed by atoms with Gasteiger partial charge < -0.3 is 24.6 Å². The highest BCUT2D eigenvalue weighted by Crippen LogP contribution is 2.47. The lowest BCUT2D eigenvalue weighted by molar-refractivity contribution is -0.264. The summed E-state index contributed by atoms with van der Waals surface area (Å²) in [5, 5.41) is 22.8. The second kappa shape index (κ2) is 16.5. The molecule has 2 aliphatic rings. The van der Waals surface area contributed by atoms with Crippen LogP contribution in [0.2, 0.25) is 5.02 Å². The van der Waals surface area contributed by atoms with Crippen molar-refractivity contribution in [1.29, 1.82) is 0 Å². The first kappa shape index (κ1) is 38.4. The molecule has 2 aliphatic heterocycles. The maximum atomic E-state index is 13.4. The van der Waals surface area contributed by atoms with E-state index in [9.17, 15) is 18.6 Å². The first-order valence-corrected chi connectivity index (χ1v) is 20.7. The van der Waals surface area contributed by atoms with Gasteiger partial charge in [-0.3, -0.25) is 4.98 Å². The SMILES string of the molecule is O=S(=O)(NCc1ccc(C2O[C@H](CN3CCC(O)(c4ccc(Cl)cc4)CC3)[C@@H](c3ccccc3)[C@H](c3ccc(CO)cc3)O2)cc1)c1cccc2cccnc12. The minimum Gasteiger partial charge on any atom is -0.392 e. The van der Waals surface area contributed by atoms with Crippen LogP contribution in [0.25, 0.3) is 10.9 Å². The van der Waals surface area contributed by atoms with E-state index in [1.807, 2.05) is 103 Å². The Hall–Kier alpha value is -4.49. The van der Waals surface area contributed by atoms with Gasteiger partial charge in [-0.15, -0.1) is 0 Å². The Morgan fingerprint density at radius 1 is 0.768 bits per heavy atom. The molecule has 288 valence electrons. The molecule has 1 aromatic heterocycles. The number of hydrogen-bond donors (Lipinski definition) is 3. The van der Waals surface area contributed by atoms with Gasteiger partial charge in [0.05, 0.1) is 29.9 Å². The van der Waals surface area contributed by atoms with Gasteiger partial charge in [0.2, 0.25) is 10.0 Å². The standard InChI is InChI=1S/C45H44ClN3O6S/c46-38-21-19-37(20-22-38)45(51)23-26-49(27-24-45)29-39-41(33-6-2-1-3-7-33)43(35-15-13-32(30-50)14-16-35)55-44(54-39)36-17-11-31(12-18-36)28-48-56(52,53)40-10-4-8-34-9-5-25-47-42(34)40/h1-22,25,39,41,43-44,48,50-51H,23-24,26-30H2/t39-,41-,43+,44?/m1/s1. The van der Waals surface area contributed by atoms with Crippen LogP contribution in [0.5, 0.6) is 0 Å². The molecule has 3 heterocycles. The number of hydrogen-bond acceptors (Lipinski definition) is 8. The van der Waals surface area contributed by atoms with E-state index in [-0.39, 0.29) is 36.2 Å². The van der Waals surface area contributed by atoms with E-state index in [2.05, 4.69) is 26.7 Å². The number of likely N-dealkylation sites (tertiary alicyclic amines) is 1. The second-order valence-electron chi connectivity index (χ2n) is 14.6. The molecule has 5 aromatic carbocycles. The number of rotatable bonds is 11. The summed E-state index contributed by atoms with van der Waals surface area (Å²) in [7, 11) is -3.84. The summed E-state index contributed by atoms with van der Waals surface area (Å²) < 4.78 is 43.3. The van der Waals surface area contributed by atoms with Gasteiger partial charge in [-0.1, -0.05) is 121 Å². The van der Waals surface area contributed by atoms with Gasteiger partial charge in [0.25, 0.3) is 0 Å². The highest BCUT2D eigenvalue weighted by Gasteiger charge is 2.44. The zero-order valence-electron chi connectivity index (χ0n) is 30.7. The van der Waals surface area contributed by atoms with Crippen molar-refractivity contribution in [2.45, 2.75) is 60.9 Å². The number of aliphatic hydroxyl groups is 2. The van der Waals surface area contributed by atoms with Crippen LogP contribution in [0.4, 0.5) is 0 Å². The van der Waals surface area contributed by atoms with Crippen molar-refractivity contribution < 1.29 is 28.1 Å². The Morgan fingerprint density at radius 3 is 2.16 bits per heavy atom. The molecule has 0 radical (unpaired) electrons. The number of halogens is 1. The molecule has 4 atom stereocenters. The number of fused-ring (bicyclic) bond motifs is 1. The zero-order chi connectivity index (χ0) is 38.7. The molecule has 0 amide bonds. The maximum Gasteiger partial charge on any atom is 0.243 e. The van der Waals surface area contributed by atoms with Crippen molar-refractivity contribution >= 4 is 32.5 Å². The number of sulfonamides is 1. The highest BCUT2D eigenvalue weighted by atomic mass is 35.5.